The van der Waals surface area contributed by atoms with E-state index in [0.717, 1.165) is 23.3 Å². The summed E-state index contributed by atoms with van der Waals surface area (Å²) in [7, 11) is 1.60. The monoisotopic (exact) mass is 407 g/mol. The minimum Gasteiger partial charge on any atom is -0.325 e. The zero-order chi connectivity index (χ0) is 21.8. The Balaban J connectivity index is 1.97. The van der Waals surface area contributed by atoms with Gasteiger partial charge >= 0.3 is 6.18 Å². The van der Waals surface area contributed by atoms with Crippen molar-refractivity contribution in [2.45, 2.75) is 33.0 Å². The fourth-order valence-electron chi connectivity index (χ4n) is 2.66. The maximum absolute atomic E-state index is 12.8. The van der Waals surface area contributed by atoms with Crippen LogP contribution in [-0.2, 0) is 15.8 Å². The number of carbonyl (C=O) groups excluding carboxylic acids is 2. The van der Waals surface area contributed by atoms with Gasteiger partial charge in [-0.1, -0.05) is 18.2 Å². The smallest absolute Gasteiger partial charge is 0.325 e. The molecule has 2 rings (SSSR count). The molecule has 0 radical (unpaired) electrons. The first kappa shape index (κ1) is 22.4. The van der Waals surface area contributed by atoms with E-state index in [9.17, 15) is 22.8 Å². The summed E-state index contributed by atoms with van der Waals surface area (Å²) in [6.07, 6.45) is -4.49. The molecule has 2 aromatic carbocycles. The van der Waals surface area contributed by atoms with E-state index in [0.29, 0.717) is 5.69 Å². The summed E-state index contributed by atoms with van der Waals surface area (Å²) >= 11 is 0. The van der Waals surface area contributed by atoms with Crippen LogP contribution in [0.2, 0.25) is 0 Å². The molecule has 0 unspecified atom stereocenters. The number of nitrogens with zero attached hydrogens (tertiary/aromatic N) is 1. The van der Waals surface area contributed by atoms with Gasteiger partial charge in [0.15, 0.2) is 0 Å². The van der Waals surface area contributed by atoms with Crippen molar-refractivity contribution in [1.82, 2.24) is 4.90 Å². The Bertz CT molecular complexity index is 897. The highest BCUT2D eigenvalue weighted by Gasteiger charge is 2.30. The standard InChI is InChI=1S/C21H24F3N3O2/c1-13-7-5-10-18(14(13)2)26-19(28)12-27(4)15(3)20(29)25-17-9-6-8-16(11-17)21(22,23)24/h5-11,15H,12H2,1-4H3,(H,25,29)(H,26,28)/t15-/m1/s1. The zero-order valence-electron chi connectivity index (χ0n) is 16.7. The van der Waals surface area contributed by atoms with Gasteiger partial charge in [0.2, 0.25) is 11.8 Å². The number of aryl methyl sites for hydroxylation is 1. The average molecular weight is 407 g/mol. The molecular formula is C21H24F3N3O2. The molecule has 1 atom stereocenters. The van der Waals surface area contributed by atoms with Crippen LogP contribution >= 0.6 is 0 Å². The van der Waals surface area contributed by atoms with Gasteiger partial charge < -0.3 is 10.6 Å². The van der Waals surface area contributed by atoms with E-state index in [1.165, 1.54) is 17.0 Å². The molecule has 0 spiro atoms. The Morgan fingerprint density at radius 3 is 2.38 bits per heavy atom. The summed E-state index contributed by atoms with van der Waals surface area (Å²) in [4.78, 5) is 26.2. The van der Waals surface area contributed by atoms with Crippen LogP contribution in [0.25, 0.3) is 0 Å². The minimum atomic E-state index is -4.49. The molecule has 0 saturated carbocycles. The van der Waals surface area contributed by atoms with Crippen LogP contribution in [0, 0.1) is 13.8 Å². The number of likely N-dealkylation sites (N-methyl/N-ethyl adjacent to an activating group) is 1. The Labute approximate surface area is 167 Å². The van der Waals surface area contributed by atoms with Crippen molar-refractivity contribution in [1.29, 1.82) is 0 Å². The Hall–Kier alpha value is -2.87. The molecule has 156 valence electrons. The van der Waals surface area contributed by atoms with E-state index in [1.54, 1.807) is 20.0 Å². The van der Waals surface area contributed by atoms with Crippen LogP contribution in [0.5, 0.6) is 0 Å². The third-order valence-corrected chi connectivity index (χ3v) is 4.77. The van der Waals surface area contributed by atoms with Crippen LogP contribution in [-0.4, -0.2) is 36.3 Å². The first-order valence-corrected chi connectivity index (χ1v) is 9.03. The lowest BCUT2D eigenvalue weighted by Gasteiger charge is -2.23. The Kier molecular flexibility index (Phi) is 7.02. The van der Waals surface area contributed by atoms with Gasteiger partial charge in [0.1, 0.15) is 0 Å². The predicted molar refractivity (Wildman–Crippen MR) is 107 cm³/mol. The fourth-order valence-corrected chi connectivity index (χ4v) is 2.66. The molecule has 0 heterocycles. The van der Waals surface area contributed by atoms with Crippen molar-refractivity contribution in [2.24, 2.45) is 0 Å². The number of hydrogen-bond donors (Lipinski definition) is 2. The van der Waals surface area contributed by atoms with Crippen molar-refractivity contribution in [3.05, 3.63) is 59.2 Å². The van der Waals surface area contributed by atoms with Crippen molar-refractivity contribution < 1.29 is 22.8 Å². The number of benzene rings is 2. The van der Waals surface area contributed by atoms with Crippen LogP contribution in [0.3, 0.4) is 0 Å². The molecule has 29 heavy (non-hydrogen) atoms. The lowest BCUT2D eigenvalue weighted by Crippen LogP contribution is -2.43. The topological polar surface area (TPSA) is 61.4 Å². The third-order valence-electron chi connectivity index (χ3n) is 4.77. The van der Waals surface area contributed by atoms with E-state index < -0.39 is 23.7 Å². The van der Waals surface area contributed by atoms with E-state index in [-0.39, 0.29) is 18.1 Å². The van der Waals surface area contributed by atoms with Crippen LogP contribution < -0.4 is 10.6 Å². The van der Waals surface area contributed by atoms with E-state index in [1.807, 2.05) is 26.0 Å². The molecule has 0 aromatic heterocycles. The number of hydrogen-bond acceptors (Lipinski definition) is 3. The molecule has 0 fully saturated rings. The normalized spacial score (nSPS) is 12.6. The first-order chi connectivity index (χ1) is 13.5. The summed E-state index contributed by atoms with van der Waals surface area (Å²) < 4.78 is 38.4. The highest BCUT2D eigenvalue weighted by atomic mass is 19.4. The number of halogens is 3. The van der Waals surface area contributed by atoms with Gasteiger partial charge in [-0.15, -0.1) is 0 Å². The van der Waals surface area contributed by atoms with Gasteiger partial charge in [0.05, 0.1) is 18.2 Å². The molecule has 0 aliphatic heterocycles. The van der Waals surface area contributed by atoms with Gasteiger partial charge in [-0.25, -0.2) is 0 Å². The fraction of sp³-hybridized carbons (Fsp3) is 0.333. The number of rotatable bonds is 6. The minimum absolute atomic E-state index is 0.0462. The Morgan fingerprint density at radius 1 is 1.07 bits per heavy atom. The SMILES string of the molecule is Cc1cccc(NC(=O)CN(C)[C@H](C)C(=O)Nc2cccc(C(F)(F)F)c2)c1C. The van der Waals surface area contributed by atoms with Crippen LogP contribution in [0.15, 0.2) is 42.5 Å². The molecule has 2 N–H and O–H groups in total. The molecule has 8 heteroatoms. The average Bonchev–Trinajstić information content (AvgIpc) is 2.64. The predicted octanol–water partition coefficient (Wildman–Crippen LogP) is 4.22. The van der Waals surface area contributed by atoms with Crippen molar-refractivity contribution in [3.63, 3.8) is 0 Å². The Morgan fingerprint density at radius 2 is 1.72 bits per heavy atom. The highest BCUT2D eigenvalue weighted by Crippen LogP contribution is 2.30. The van der Waals surface area contributed by atoms with Crippen molar-refractivity contribution >= 4 is 23.2 Å². The third kappa shape index (κ3) is 6.05. The molecule has 0 aliphatic carbocycles. The number of amides is 2. The highest BCUT2D eigenvalue weighted by molar-refractivity contribution is 5.96. The number of nitrogens with one attached hydrogen (secondary N) is 2. The molecule has 2 amide bonds. The molecule has 0 saturated heterocycles. The number of carbonyl (C=O) groups is 2. The van der Waals surface area contributed by atoms with Crippen molar-refractivity contribution in [3.8, 4) is 0 Å². The van der Waals surface area contributed by atoms with E-state index in [2.05, 4.69) is 10.6 Å². The first-order valence-electron chi connectivity index (χ1n) is 9.03. The van der Waals surface area contributed by atoms with Gasteiger partial charge in [-0.05, 0) is 63.2 Å². The molecule has 0 bridgehead atoms. The van der Waals surface area contributed by atoms with E-state index >= 15 is 0 Å². The quantitative estimate of drug-likeness (QED) is 0.754. The van der Waals surface area contributed by atoms with Crippen molar-refractivity contribution in [2.75, 3.05) is 24.2 Å². The molecule has 0 aliphatic rings. The summed E-state index contributed by atoms with van der Waals surface area (Å²) in [6, 6.07) is 9.26. The molecule has 2 aromatic rings. The van der Waals surface area contributed by atoms with Crippen LogP contribution in [0.4, 0.5) is 24.5 Å². The number of alkyl halides is 3. The van der Waals surface area contributed by atoms with Gasteiger partial charge in [-0.2, -0.15) is 13.2 Å². The maximum atomic E-state index is 12.8. The van der Waals surface area contributed by atoms with E-state index in [4.69, 9.17) is 0 Å². The zero-order valence-corrected chi connectivity index (χ0v) is 16.7. The second-order valence-corrected chi connectivity index (χ2v) is 6.95. The van der Waals surface area contributed by atoms with Gasteiger partial charge in [-0.3, -0.25) is 14.5 Å². The molecular weight excluding hydrogens is 383 g/mol. The maximum Gasteiger partial charge on any atom is 0.416 e. The van der Waals surface area contributed by atoms with Gasteiger partial charge in [0, 0.05) is 11.4 Å². The van der Waals surface area contributed by atoms with Crippen LogP contribution in [0.1, 0.15) is 23.6 Å². The molecule has 5 nitrogen and oxygen atoms in total. The summed E-state index contributed by atoms with van der Waals surface area (Å²) in [5.74, 6) is -0.800. The number of anilines is 2. The largest absolute Gasteiger partial charge is 0.416 e. The second-order valence-electron chi connectivity index (χ2n) is 6.95. The van der Waals surface area contributed by atoms with Gasteiger partial charge in [0.25, 0.3) is 0 Å². The second kappa shape index (κ2) is 9.09. The lowest BCUT2D eigenvalue weighted by molar-refractivity contribution is -0.137. The summed E-state index contributed by atoms with van der Waals surface area (Å²) in [6.45, 7) is 5.37. The summed E-state index contributed by atoms with van der Waals surface area (Å²) in [5.41, 5.74) is 1.91. The summed E-state index contributed by atoms with van der Waals surface area (Å²) in [5, 5.41) is 5.27. The lowest BCUT2D eigenvalue weighted by atomic mass is 10.1.